The number of rotatable bonds is 3. The van der Waals surface area contributed by atoms with Gasteiger partial charge in [0, 0.05) is 20.3 Å². The molecule has 2 nitrogen and oxygen atoms in total. The predicted molar refractivity (Wildman–Crippen MR) is 44.4 cm³/mol. The van der Waals surface area contributed by atoms with Crippen molar-refractivity contribution in [1.82, 2.24) is 0 Å². The molecule has 1 N–H and O–H groups in total. The van der Waals surface area contributed by atoms with E-state index in [1.54, 1.807) is 7.11 Å². The molecule has 1 fully saturated rings. The summed E-state index contributed by atoms with van der Waals surface area (Å²) in [6, 6.07) is 0. The molecule has 11 heavy (non-hydrogen) atoms. The Kier molecular flexibility index (Phi) is 3.87. The zero-order valence-electron chi connectivity index (χ0n) is 7.25. The fraction of sp³-hybridized carbons (Fsp3) is 1.00. The lowest BCUT2D eigenvalue weighted by Gasteiger charge is -2.29. The smallest absolute Gasteiger partial charge is 0.0493 e. The molecule has 2 heteroatoms. The second-order valence-electron chi connectivity index (χ2n) is 3.44. The molecule has 0 spiro atoms. The predicted octanol–water partition coefficient (Wildman–Crippen LogP) is 1.43. The summed E-state index contributed by atoms with van der Waals surface area (Å²) in [4.78, 5) is 0. The maximum Gasteiger partial charge on any atom is 0.0493 e. The second-order valence-corrected chi connectivity index (χ2v) is 3.44. The van der Waals surface area contributed by atoms with Gasteiger partial charge in [-0.2, -0.15) is 0 Å². The van der Waals surface area contributed by atoms with E-state index >= 15 is 0 Å². The molecule has 0 amide bonds. The van der Waals surface area contributed by atoms with Crippen LogP contribution in [0.25, 0.3) is 0 Å². The zero-order chi connectivity index (χ0) is 8.10. The molecular formula is C9H18O2. The van der Waals surface area contributed by atoms with Gasteiger partial charge in [-0.05, 0) is 24.7 Å². The summed E-state index contributed by atoms with van der Waals surface area (Å²) >= 11 is 0. The summed E-state index contributed by atoms with van der Waals surface area (Å²) in [5.74, 6) is 1.11. The van der Waals surface area contributed by atoms with Crippen molar-refractivity contribution in [3.05, 3.63) is 0 Å². The van der Waals surface area contributed by atoms with E-state index in [0.29, 0.717) is 18.4 Å². The first-order chi connectivity index (χ1) is 5.38. The SMILES string of the molecule is COC[C@@H]1CCCC[C@H]1CO. The summed E-state index contributed by atoms with van der Waals surface area (Å²) in [6.07, 6.45) is 5.01. The first-order valence-corrected chi connectivity index (χ1v) is 4.48. The summed E-state index contributed by atoms with van der Waals surface area (Å²) in [5, 5.41) is 9.03. The minimum Gasteiger partial charge on any atom is -0.396 e. The second kappa shape index (κ2) is 4.73. The van der Waals surface area contributed by atoms with Crippen molar-refractivity contribution >= 4 is 0 Å². The molecule has 1 aliphatic rings. The number of hydrogen-bond acceptors (Lipinski definition) is 2. The van der Waals surface area contributed by atoms with Crippen LogP contribution in [-0.4, -0.2) is 25.4 Å². The van der Waals surface area contributed by atoms with Gasteiger partial charge in [0.25, 0.3) is 0 Å². The Hall–Kier alpha value is -0.0800. The van der Waals surface area contributed by atoms with Crippen LogP contribution in [0.3, 0.4) is 0 Å². The standard InChI is InChI=1S/C9H18O2/c1-11-7-9-5-3-2-4-8(9)6-10/h8-10H,2-7H2,1H3/t8-,9-/m0/s1. The number of ether oxygens (including phenoxy) is 1. The van der Waals surface area contributed by atoms with Gasteiger partial charge in [0.2, 0.25) is 0 Å². The molecule has 0 aromatic rings. The molecule has 2 atom stereocenters. The normalized spacial score (nSPS) is 32.2. The van der Waals surface area contributed by atoms with E-state index in [0.717, 1.165) is 6.61 Å². The van der Waals surface area contributed by atoms with Gasteiger partial charge in [0.05, 0.1) is 0 Å². The highest BCUT2D eigenvalue weighted by molar-refractivity contribution is 4.74. The van der Waals surface area contributed by atoms with Gasteiger partial charge >= 0.3 is 0 Å². The fourth-order valence-corrected chi connectivity index (χ4v) is 1.96. The van der Waals surface area contributed by atoms with Crippen LogP contribution < -0.4 is 0 Å². The monoisotopic (exact) mass is 158 g/mol. The van der Waals surface area contributed by atoms with Crippen molar-refractivity contribution in [2.75, 3.05) is 20.3 Å². The van der Waals surface area contributed by atoms with E-state index in [4.69, 9.17) is 9.84 Å². The summed E-state index contributed by atoms with van der Waals surface area (Å²) in [7, 11) is 1.74. The van der Waals surface area contributed by atoms with E-state index in [2.05, 4.69) is 0 Å². The van der Waals surface area contributed by atoms with Gasteiger partial charge in [-0.1, -0.05) is 12.8 Å². The molecule has 1 aliphatic carbocycles. The van der Waals surface area contributed by atoms with Crippen LogP contribution in [0, 0.1) is 11.8 Å². The van der Waals surface area contributed by atoms with E-state index in [9.17, 15) is 0 Å². The summed E-state index contributed by atoms with van der Waals surface area (Å²) < 4.78 is 5.10. The lowest BCUT2D eigenvalue weighted by molar-refractivity contribution is 0.0632. The molecule has 0 radical (unpaired) electrons. The van der Waals surface area contributed by atoms with Crippen LogP contribution in [0.1, 0.15) is 25.7 Å². The van der Waals surface area contributed by atoms with Gasteiger partial charge in [-0.3, -0.25) is 0 Å². The van der Waals surface area contributed by atoms with Crippen molar-refractivity contribution in [3.8, 4) is 0 Å². The number of methoxy groups -OCH3 is 1. The molecule has 0 aromatic heterocycles. The zero-order valence-corrected chi connectivity index (χ0v) is 7.25. The Balaban J connectivity index is 2.31. The molecule has 1 rings (SSSR count). The maximum atomic E-state index is 9.03. The van der Waals surface area contributed by atoms with Gasteiger partial charge in [0.15, 0.2) is 0 Å². The quantitative estimate of drug-likeness (QED) is 0.673. The van der Waals surface area contributed by atoms with Crippen molar-refractivity contribution in [1.29, 1.82) is 0 Å². The summed E-state index contributed by atoms with van der Waals surface area (Å²) in [5.41, 5.74) is 0. The van der Waals surface area contributed by atoms with Gasteiger partial charge in [-0.25, -0.2) is 0 Å². The molecule has 0 unspecified atom stereocenters. The Morgan fingerprint density at radius 2 is 1.91 bits per heavy atom. The Morgan fingerprint density at radius 1 is 1.27 bits per heavy atom. The minimum absolute atomic E-state index is 0.341. The highest BCUT2D eigenvalue weighted by Gasteiger charge is 2.23. The molecule has 1 saturated carbocycles. The Bertz CT molecular complexity index is 102. The topological polar surface area (TPSA) is 29.5 Å². The van der Waals surface area contributed by atoms with Gasteiger partial charge in [0.1, 0.15) is 0 Å². The van der Waals surface area contributed by atoms with Crippen LogP contribution in [0.4, 0.5) is 0 Å². The molecular weight excluding hydrogens is 140 g/mol. The van der Waals surface area contributed by atoms with E-state index in [-0.39, 0.29) is 0 Å². The van der Waals surface area contributed by atoms with Gasteiger partial charge in [-0.15, -0.1) is 0 Å². The van der Waals surface area contributed by atoms with Crippen LogP contribution in [-0.2, 0) is 4.74 Å². The van der Waals surface area contributed by atoms with Crippen molar-refractivity contribution < 1.29 is 9.84 Å². The number of hydrogen-bond donors (Lipinski definition) is 1. The molecule has 0 aliphatic heterocycles. The van der Waals surface area contributed by atoms with E-state index in [1.165, 1.54) is 25.7 Å². The van der Waals surface area contributed by atoms with Crippen molar-refractivity contribution in [2.45, 2.75) is 25.7 Å². The average molecular weight is 158 g/mol. The van der Waals surface area contributed by atoms with Crippen LogP contribution in [0.5, 0.6) is 0 Å². The highest BCUT2D eigenvalue weighted by Crippen LogP contribution is 2.29. The number of aliphatic hydroxyl groups excluding tert-OH is 1. The molecule has 0 bridgehead atoms. The third-order valence-electron chi connectivity index (χ3n) is 2.68. The van der Waals surface area contributed by atoms with E-state index < -0.39 is 0 Å². The minimum atomic E-state index is 0.341. The van der Waals surface area contributed by atoms with Crippen LogP contribution >= 0.6 is 0 Å². The molecule has 0 aromatic carbocycles. The van der Waals surface area contributed by atoms with Crippen molar-refractivity contribution in [3.63, 3.8) is 0 Å². The Labute approximate surface area is 68.6 Å². The summed E-state index contributed by atoms with van der Waals surface area (Å²) in [6.45, 7) is 1.17. The third-order valence-corrected chi connectivity index (χ3v) is 2.68. The van der Waals surface area contributed by atoms with Crippen LogP contribution in [0.15, 0.2) is 0 Å². The highest BCUT2D eigenvalue weighted by atomic mass is 16.5. The Morgan fingerprint density at radius 3 is 2.45 bits per heavy atom. The largest absolute Gasteiger partial charge is 0.396 e. The lowest BCUT2D eigenvalue weighted by atomic mass is 9.80. The average Bonchev–Trinajstić information content (AvgIpc) is 2.06. The molecule has 66 valence electrons. The first kappa shape index (κ1) is 9.01. The first-order valence-electron chi connectivity index (χ1n) is 4.48. The maximum absolute atomic E-state index is 9.03. The fourth-order valence-electron chi connectivity index (χ4n) is 1.96. The number of aliphatic hydroxyl groups is 1. The van der Waals surface area contributed by atoms with E-state index in [1.807, 2.05) is 0 Å². The molecule has 0 heterocycles. The van der Waals surface area contributed by atoms with Crippen molar-refractivity contribution in [2.24, 2.45) is 11.8 Å². The van der Waals surface area contributed by atoms with Gasteiger partial charge < -0.3 is 9.84 Å². The van der Waals surface area contributed by atoms with Crippen LogP contribution in [0.2, 0.25) is 0 Å². The molecule has 0 saturated heterocycles. The lowest BCUT2D eigenvalue weighted by Crippen LogP contribution is -2.26. The third kappa shape index (κ3) is 2.46.